The first kappa shape index (κ1) is 11.9. The van der Waals surface area contributed by atoms with Crippen molar-refractivity contribution in [3.8, 4) is 0 Å². The molecule has 0 heterocycles. The Labute approximate surface area is 57.7 Å². The van der Waals surface area contributed by atoms with E-state index in [4.69, 9.17) is 4.89 Å². The predicted octanol–water partition coefficient (Wildman–Crippen LogP) is 2.32. The molecule has 0 aliphatic heterocycles. The molecule has 2 nitrogen and oxygen atoms in total. The first-order valence-electron chi connectivity index (χ1n) is 3.43. The van der Waals surface area contributed by atoms with Gasteiger partial charge in [-0.05, 0) is 0 Å². The minimum absolute atomic E-state index is 0.406. The van der Waals surface area contributed by atoms with Crippen LogP contribution in [0.5, 0.6) is 0 Å². The fourth-order valence-corrected chi connectivity index (χ4v) is 0.671. The van der Waals surface area contributed by atoms with Crippen LogP contribution in [0.1, 0.15) is 27.7 Å². The summed E-state index contributed by atoms with van der Waals surface area (Å²) >= 11 is 0. The SMILES string of the molecule is CC.CCP(=O)(O)CC. The highest BCUT2D eigenvalue weighted by atomic mass is 31.2. The van der Waals surface area contributed by atoms with Gasteiger partial charge in [-0.15, -0.1) is 0 Å². The maximum atomic E-state index is 10.5. The molecule has 0 aromatic carbocycles. The maximum absolute atomic E-state index is 10.5. The van der Waals surface area contributed by atoms with Crippen LogP contribution in [0.2, 0.25) is 0 Å². The smallest absolute Gasteiger partial charge is 0.200 e. The second-order valence-corrected chi connectivity index (χ2v) is 4.44. The van der Waals surface area contributed by atoms with Gasteiger partial charge in [0.2, 0.25) is 0 Å². The van der Waals surface area contributed by atoms with Gasteiger partial charge in [0.25, 0.3) is 0 Å². The first-order chi connectivity index (χ1) is 4.12. The second kappa shape index (κ2) is 6.31. The average molecular weight is 152 g/mol. The fraction of sp³-hybridized carbons (Fsp3) is 1.00. The highest BCUT2D eigenvalue weighted by Crippen LogP contribution is 2.38. The normalized spacial score (nSPS) is 9.89. The van der Waals surface area contributed by atoms with Crippen LogP contribution < -0.4 is 0 Å². The van der Waals surface area contributed by atoms with E-state index in [9.17, 15) is 4.57 Å². The van der Waals surface area contributed by atoms with Crippen molar-refractivity contribution in [1.82, 2.24) is 0 Å². The van der Waals surface area contributed by atoms with Crippen LogP contribution in [0.3, 0.4) is 0 Å². The minimum atomic E-state index is -2.65. The lowest BCUT2D eigenvalue weighted by Gasteiger charge is -2.01. The molecule has 0 bridgehead atoms. The lowest BCUT2D eigenvalue weighted by molar-refractivity contribution is 0.481. The molecule has 0 atom stereocenters. The van der Waals surface area contributed by atoms with Crippen LogP contribution in [-0.4, -0.2) is 17.2 Å². The van der Waals surface area contributed by atoms with E-state index >= 15 is 0 Å². The van der Waals surface area contributed by atoms with Crippen molar-refractivity contribution in [2.45, 2.75) is 27.7 Å². The van der Waals surface area contributed by atoms with Gasteiger partial charge in [-0.2, -0.15) is 0 Å². The quantitative estimate of drug-likeness (QED) is 0.616. The molecule has 9 heavy (non-hydrogen) atoms. The Bertz CT molecular complexity index is 83.1. The van der Waals surface area contributed by atoms with E-state index in [2.05, 4.69) is 0 Å². The van der Waals surface area contributed by atoms with E-state index in [1.54, 1.807) is 13.8 Å². The van der Waals surface area contributed by atoms with Crippen molar-refractivity contribution in [3.63, 3.8) is 0 Å². The van der Waals surface area contributed by atoms with Gasteiger partial charge in [-0.1, -0.05) is 27.7 Å². The summed E-state index contributed by atoms with van der Waals surface area (Å²) in [4.78, 5) is 8.69. The Balaban J connectivity index is 0. The fourth-order valence-electron chi connectivity index (χ4n) is 0.224. The number of hydrogen-bond donors (Lipinski definition) is 1. The Kier molecular flexibility index (Phi) is 8.36. The van der Waals surface area contributed by atoms with Crippen LogP contribution in [0.15, 0.2) is 0 Å². The minimum Gasteiger partial charge on any atom is -0.344 e. The topological polar surface area (TPSA) is 37.3 Å². The van der Waals surface area contributed by atoms with Gasteiger partial charge >= 0.3 is 0 Å². The molecule has 0 spiro atoms. The molecule has 0 aromatic rings. The summed E-state index contributed by atoms with van der Waals surface area (Å²) in [6, 6.07) is 0. The van der Waals surface area contributed by atoms with Crippen LogP contribution in [-0.2, 0) is 4.57 Å². The molecule has 1 N–H and O–H groups in total. The summed E-state index contributed by atoms with van der Waals surface area (Å²) in [5, 5.41) is 0. The second-order valence-electron chi connectivity index (χ2n) is 1.48. The predicted molar refractivity (Wildman–Crippen MR) is 42.3 cm³/mol. The molecule has 0 rings (SSSR count). The van der Waals surface area contributed by atoms with Crippen LogP contribution in [0, 0.1) is 0 Å². The van der Waals surface area contributed by atoms with Crippen molar-refractivity contribution < 1.29 is 9.46 Å². The monoisotopic (exact) mass is 152 g/mol. The number of rotatable bonds is 2. The van der Waals surface area contributed by atoms with Gasteiger partial charge in [0.15, 0.2) is 7.37 Å². The zero-order chi connectivity index (χ0) is 7.91. The summed E-state index contributed by atoms with van der Waals surface area (Å²) in [5.74, 6) is 0. The molecule has 0 fully saturated rings. The molecule has 0 aliphatic carbocycles. The maximum Gasteiger partial charge on any atom is 0.200 e. The highest BCUT2D eigenvalue weighted by molar-refractivity contribution is 7.57. The zero-order valence-corrected chi connectivity index (χ0v) is 7.61. The Morgan fingerprint density at radius 2 is 1.44 bits per heavy atom. The molecular weight excluding hydrogens is 135 g/mol. The van der Waals surface area contributed by atoms with E-state index in [0.717, 1.165) is 0 Å². The molecular formula is C6H17O2P. The standard InChI is InChI=1S/C4H11O2P.C2H6/c1-3-7(5,6)4-2;1-2/h3-4H2,1-2H3,(H,5,6);1-2H3. The zero-order valence-electron chi connectivity index (χ0n) is 6.72. The van der Waals surface area contributed by atoms with E-state index in [1.165, 1.54) is 0 Å². The van der Waals surface area contributed by atoms with Crippen molar-refractivity contribution in [3.05, 3.63) is 0 Å². The summed E-state index contributed by atoms with van der Waals surface area (Å²) in [6.45, 7) is 7.45. The van der Waals surface area contributed by atoms with Crippen molar-refractivity contribution in [2.24, 2.45) is 0 Å². The summed E-state index contributed by atoms with van der Waals surface area (Å²) in [6.07, 6.45) is 0.812. The van der Waals surface area contributed by atoms with Gasteiger partial charge in [0.1, 0.15) is 0 Å². The molecule has 3 heteroatoms. The van der Waals surface area contributed by atoms with Gasteiger partial charge in [0.05, 0.1) is 0 Å². The molecule has 58 valence electrons. The van der Waals surface area contributed by atoms with Crippen LogP contribution >= 0.6 is 7.37 Å². The van der Waals surface area contributed by atoms with Crippen molar-refractivity contribution in [2.75, 3.05) is 12.3 Å². The summed E-state index contributed by atoms with van der Waals surface area (Å²) in [7, 11) is -2.65. The van der Waals surface area contributed by atoms with Gasteiger partial charge in [-0.25, -0.2) is 0 Å². The van der Waals surface area contributed by atoms with E-state index in [1.807, 2.05) is 13.8 Å². The van der Waals surface area contributed by atoms with Crippen molar-refractivity contribution >= 4 is 7.37 Å². The molecule has 0 saturated carbocycles. The molecule has 0 radical (unpaired) electrons. The average Bonchev–Trinajstić information content (AvgIpc) is 1.93. The first-order valence-corrected chi connectivity index (χ1v) is 5.46. The number of hydrogen-bond acceptors (Lipinski definition) is 1. The molecule has 0 amide bonds. The summed E-state index contributed by atoms with van der Waals surface area (Å²) in [5.41, 5.74) is 0. The Hall–Kier alpha value is 0.190. The Morgan fingerprint density at radius 1 is 1.22 bits per heavy atom. The lowest BCUT2D eigenvalue weighted by atomic mass is 11.0. The lowest BCUT2D eigenvalue weighted by Crippen LogP contribution is -1.84. The van der Waals surface area contributed by atoms with E-state index < -0.39 is 7.37 Å². The van der Waals surface area contributed by atoms with Crippen LogP contribution in [0.25, 0.3) is 0 Å². The molecule has 0 aliphatic rings. The van der Waals surface area contributed by atoms with E-state index in [0.29, 0.717) is 12.3 Å². The summed E-state index contributed by atoms with van der Waals surface area (Å²) < 4.78 is 10.5. The van der Waals surface area contributed by atoms with Crippen molar-refractivity contribution in [1.29, 1.82) is 0 Å². The molecule has 0 saturated heterocycles. The molecule has 0 aromatic heterocycles. The third-order valence-corrected chi connectivity index (χ3v) is 2.96. The third kappa shape index (κ3) is 8.19. The third-order valence-electron chi connectivity index (χ3n) is 0.988. The molecule has 0 unspecified atom stereocenters. The van der Waals surface area contributed by atoms with Gasteiger partial charge in [0, 0.05) is 12.3 Å². The van der Waals surface area contributed by atoms with Gasteiger partial charge < -0.3 is 4.89 Å². The van der Waals surface area contributed by atoms with E-state index in [-0.39, 0.29) is 0 Å². The Morgan fingerprint density at radius 3 is 1.44 bits per heavy atom. The van der Waals surface area contributed by atoms with Gasteiger partial charge in [-0.3, -0.25) is 4.57 Å². The highest BCUT2D eigenvalue weighted by Gasteiger charge is 2.08. The van der Waals surface area contributed by atoms with Crippen LogP contribution in [0.4, 0.5) is 0 Å². The largest absolute Gasteiger partial charge is 0.344 e.